The first-order valence-electron chi connectivity index (χ1n) is 7.67. The number of non-ortho nitro benzene ring substituents is 1. The number of nitrogens with zero attached hydrogens (tertiary/aromatic N) is 1. The Morgan fingerprint density at radius 3 is 2.63 bits per heavy atom. The zero-order valence-corrected chi connectivity index (χ0v) is 17.0. The Hall–Kier alpha value is -2.12. The van der Waals surface area contributed by atoms with E-state index in [1.165, 1.54) is 19.2 Å². The van der Waals surface area contributed by atoms with Crippen LogP contribution in [0.25, 0.3) is 0 Å². The van der Waals surface area contributed by atoms with Crippen LogP contribution in [0.1, 0.15) is 9.49 Å². The lowest BCUT2D eigenvalue weighted by Gasteiger charge is -2.14. The maximum absolute atomic E-state index is 12.4. The van der Waals surface area contributed by atoms with Crippen LogP contribution in [-0.2, 0) is 10.0 Å². The van der Waals surface area contributed by atoms with Crippen LogP contribution in [0.15, 0.2) is 41.3 Å². The third-order valence-corrected chi connectivity index (χ3v) is 6.45. The van der Waals surface area contributed by atoms with Crippen LogP contribution >= 0.6 is 22.6 Å². The van der Waals surface area contributed by atoms with Crippen molar-refractivity contribution in [2.75, 3.05) is 20.4 Å². The van der Waals surface area contributed by atoms with E-state index < -0.39 is 14.9 Å². The smallest absolute Gasteiger partial charge is 0.269 e. The molecule has 0 aliphatic carbocycles. The third-order valence-electron chi connectivity index (χ3n) is 3.85. The standard InChI is InChI=1S/C16H15IN2O7S/c1-24-14-6-10(7-15-16(14)26-9-25-15)13(17)8-18-27(22,23)12-4-2-11(3-5-12)19(20)21/h2-7,13,18H,8-9H2,1H3. The molecule has 0 aromatic heterocycles. The highest BCUT2D eigenvalue weighted by Crippen LogP contribution is 2.44. The van der Waals surface area contributed by atoms with Gasteiger partial charge in [-0.1, -0.05) is 22.6 Å². The fourth-order valence-electron chi connectivity index (χ4n) is 2.46. The van der Waals surface area contributed by atoms with Crippen LogP contribution < -0.4 is 18.9 Å². The molecule has 1 N–H and O–H groups in total. The van der Waals surface area contributed by atoms with Crippen LogP contribution in [-0.4, -0.2) is 33.8 Å². The zero-order valence-electron chi connectivity index (χ0n) is 14.0. The molecule has 0 fully saturated rings. The number of alkyl halides is 1. The molecule has 0 bridgehead atoms. The van der Waals surface area contributed by atoms with E-state index in [2.05, 4.69) is 27.3 Å². The van der Waals surface area contributed by atoms with Crippen LogP contribution in [0.4, 0.5) is 5.69 Å². The molecule has 1 aliphatic heterocycles. The van der Waals surface area contributed by atoms with Gasteiger partial charge in [-0.05, 0) is 29.8 Å². The lowest BCUT2D eigenvalue weighted by molar-refractivity contribution is -0.384. The average molecular weight is 506 g/mol. The summed E-state index contributed by atoms with van der Waals surface area (Å²) in [6, 6.07) is 8.25. The molecule has 27 heavy (non-hydrogen) atoms. The molecule has 9 nitrogen and oxygen atoms in total. The minimum absolute atomic E-state index is 0.0417. The predicted octanol–water partition coefficient (Wildman–Crippen LogP) is 2.79. The molecule has 0 spiro atoms. The largest absolute Gasteiger partial charge is 0.493 e. The molecule has 1 aliphatic rings. The van der Waals surface area contributed by atoms with Crippen molar-refractivity contribution in [3.8, 4) is 17.2 Å². The molecule has 0 saturated carbocycles. The Morgan fingerprint density at radius 1 is 1.30 bits per heavy atom. The van der Waals surface area contributed by atoms with Gasteiger partial charge in [-0.25, -0.2) is 13.1 Å². The summed E-state index contributed by atoms with van der Waals surface area (Å²) in [7, 11) is -2.28. The van der Waals surface area contributed by atoms with Crippen molar-refractivity contribution in [3.63, 3.8) is 0 Å². The summed E-state index contributed by atoms with van der Waals surface area (Å²) in [5.74, 6) is 1.58. The number of ether oxygens (including phenoxy) is 3. The minimum atomic E-state index is -3.80. The molecule has 1 unspecified atom stereocenters. The van der Waals surface area contributed by atoms with Crippen molar-refractivity contribution in [1.82, 2.24) is 4.72 Å². The van der Waals surface area contributed by atoms with Gasteiger partial charge in [0.25, 0.3) is 5.69 Å². The predicted molar refractivity (Wildman–Crippen MR) is 104 cm³/mol. The van der Waals surface area contributed by atoms with E-state index in [9.17, 15) is 18.5 Å². The van der Waals surface area contributed by atoms with Crippen molar-refractivity contribution in [1.29, 1.82) is 0 Å². The topological polar surface area (TPSA) is 117 Å². The maximum Gasteiger partial charge on any atom is 0.269 e. The Bertz CT molecular complexity index is 963. The highest BCUT2D eigenvalue weighted by Gasteiger charge is 2.23. The molecule has 3 rings (SSSR count). The molecule has 11 heteroatoms. The number of nitrogens with one attached hydrogen (secondary N) is 1. The van der Waals surface area contributed by atoms with E-state index in [1.54, 1.807) is 12.1 Å². The summed E-state index contributed by atoms with van der Waals surface area (Å²) in [5.41, 5.74) is 0.635. The number of halogens is 1. The molecular formula is C16H15IN2O7S. The van der Waals surface area contributed by atoms with Crippen LogP contribution in [0.2, 0.25) is 0 Å². The lowest BCUT2D eigenvalue weighted by atomic mass is 10.1. The maximum atomic E-state index is 12.4. The van der Waals surface area contributed by atoms with Crippen molar-refractivity contribution in [2.24, 2.45) is 0 Å². The number of hydrogen-bond acceptors (Lipinski definition) is 7. The van der Waals surface area contributed by atoms with Crippen LogP contribution in [0, 0.1) is 10.1 Å². The first-order chi connectivity index (χ1) is 12.8. The number of benzene rings is 2. The first kappa shape index (κ1) is 19.6. The van der Waals surface area contributed by atoms with Crippen molar-refractivity contribution < 1.29 is 27.6 Å². The zero-order chi connectivity index (χ0) is 19.6. The number of methoxy groups -OCH3 is 1. The van der Waals surface area contributed by atoms with E-state index in [-0.39, 0.29) is 27.8 Å². The summed E-state index contributed by atoms with van der Waals surface area (Å²) < 4.78 is 43.1. The Morgan fingerprint density at radius 2 is 2.00 bits per heavy atom. The quantitative estimate of drug-likeness (QED) is 0.266. The van der Waals surface area contributed by atoms with Gasteiger partial charge in [0.15, 0.2) is 11.5 Å². The van der Waals surface area contributed by atoms with Crippen molar-refractivity contribution in [2.45, 2.75) is 8.82 Å². The van der Waals surface area contributed by atoms with Gasteiger partial charge in [0.05, 0.1) is 16.9 Å². The number of hydrogen-bond donors (Lipinski definition) is 1. The first-order valence-corrected chi connectivity index (χ1v) is 10.4. The molecule has 2 aromatic rings. The second-order valence-corrected chi connectivity index (χ2v) is 8.80. The Kier molecular flexibility index (Phi) is 5.72. The summed E-state index contributed by atoms with van der Waals surface area (Å²) in [4.78, 5) is 10.0. The van der Waals surface area contributed by atoms with Gasteiger partial charge >= 0.3 is 0 Å². The third kappa shape index (κ3) is 4.25. The minimum Gasteiger partial charge on any atom is -0.493 e. The van der Waals surface area contributed by atoms with Gasteiger partial charge in [-0.3, -0.25) is 10.1 Å². The number of fused-ring (bicyclic) bond motifs is 1. The molecule has 2 aromatic carbocycles. The molecule has 144 valence electrons. The van der Waals surface area contributed by atoms with E-state index in [0.717, 1.165) is 17.7 Å². The Labute approximate surface area is 169 Å². The summed E-state index contributed by atoms with van der Waals surface area (Å²) in [6.07, 6.45) is 0. The normalized spacial score (nSPS) is 14.0. The number of nitro groups is 1. The number of sulfonamides is 1. The van der Waals surface area contributed by atoms with Crippen molar-refractivity contribution in [3.05, 3.63) is 52.1 Å². The fourth-order valence-corrected chi connectivity index (χ4v) is 4.39. The summed E-state index contributed by atoms with van der Waals surface area (Å²) >= 11 is 2.11. The van der Waals surface area contributed by atoms with Gasteiger partial charge in [-0.2, -0.15) is 0 Å². The summed E-state index contributed by atoms with van der Waals surface area (Å²) in [6.45, 7) is 0.219. The van der Waals surface area contributed by atoms with E-state index in [0.29, 0.717) is 17.2 Å². The molecule has 0 saturated heterocycles. The van der Waals surface area contributed by atoms with Gasteiger partial charge in [0, 0.05) is 22.6 Å². The molecule has 0 amide bonds. The van der Waals surface area contributed by atoms with E-state index in [1.807, 2.05) is 0 Å². The molecular weight excluding hydrogens is 491 g/mol. The van der Waals surface area contributed by atoms with E-state index in [4.69, 9.17) is 14.2 Å². The van der Waals surface area contributed by atoms with Gasteiger partial charge in [0.1, 0.15) is 0 Å². The van der Waals surface area contributed by atoms with E-state index >= 15 is 0 Å². The highest BCUT2D eigenvalue weighted by molar-refractivity contribution is 14.1. The molecule has 1 atom stereocenters. The van der Waals surface area contributed by atoms with Gasteiger partial charge in [0.2, 0.25) is 22.6 Å². The highest BCUT2D eigenvalue weighted by atomic mass is 127. The van der Waals surface area contributed by atoms with Crippen molar-refractivity contribution >= 4 is 38.3 Å². The average Bonchev–Trinajstić information content (AvgIpc) is 3.14. The SMILES string of the molecule is COc1cc(C(I)CNS(=O)(=O)c2ccc([N+](=O)[O-])cc2)cc2c1OCO2. The van der Waals surface area contributed by atoms with Crippen LogP contribution in [0.5, 0.6) is 17.2 Å². The van der Waals surface area contributed by atoms with Gasteiger partial charge in [-0.15, -0.1) is 0 Å². The molecule has 0 radical (unpaired) electrons. The summed E-state index contributed by atoms with van der Waals surface area (Å²) in [5, 5.41) is 10.7. The Balaban J connectivity index is 1.73. The number of nitro benzene ring substituents is 1. The fraction of sp³-hybridized carbons (Fsp3) is 0.250. The van der Waals surface area contributed by atoms with Crippen LogP contribution in [0.3, 0.4) is 0 Å². The monoisotopic (exact) mass is 506 g/mol. The second kappa shape index (κ2) is 7.86. The van der Waals surface area contributed by atoms with Gasteiger partial charge < -0.3 is 14.2 Å². The lowest BCUT2D eigenvalue weighted by Crippen LogP contribution is -2.27. The molecule has 1 heterocycles. The second-order valence-electron chi connectivity index (χ2n) is 5.53. The number of rotatable bonds is 7.